The minimum absolute atomic E-state index is 0.0282. The van der Waals surface area contributed by atoms with Crippen LogP contribution in [0.3, 0.4) is 0 Å². The van der Waals surface area contributed by atoms with E-state index in [2.05, 4.69) is 9.71 Å². The Morgan fingerprint density at radius 2 is 1.73 bits per heavy atom. The molecule has 1 aromatic heterocycles. The number of benzene rings is 2. The summed E-state index contributed by atoms with van der Waals surface area (Å²) in [7, 11) is -0.933. The highest BCUT2D eigenvalue weighted by atomic mass is 32.2. The molecule has 0 saturated heterocycles. The standard InChI is InChI=1S/C20H20N4O5S/c1-27-15-9-16(28-2)11-17(10-15)30(25,26)23-13-3-5-14(6-4-13)24-12-22-20-18(19(24)21)7-8-29-20/h3-12,19,23H,21H2,1-2H3. The Balaban J connectivity index is 1.55. The highest BCUT2D eigenvalue weighted by Gasteiger charge is 2.24. The number of hydrogen-bond acceptors (Lipinski definition) is 8. The first-order chi connectivity index (χ1) is 14.4. The number of anilines is 2. The van der Waals surface area contributed by atoms with Gasteiger partial charge in [-0.25, -0.2) is 13.4 Å². The predicted molar refractivity (Wildman–Crippen MR) is 113 cm³/mol. The van der Waals surface area contributed by atoms with Crippen molar-refractivity contribution in [1.82, 2.24) is 0 Å². The van der Waals surface area contributed by atoms with E-state index in [4.69, 9.17) is 19.6 Å². The Morgan fingerprint density at radius 1 is 1.07 bits per heavy atom. The minimum Gasteiger partial charge on any atom is -0.497 e. The molecule has 156 valence electrons. The summed E-state index contributed by atoms with van der Waals surface area (Å²) in [5.74, 6) is 1.24. The number of sulfonamides is 1. The summed E-state index contributed by atoms with van der Waals surface area (Å²) in [6, 6.07) is 13.0. The minimum atomic E-state index is -3.85. The van der Waals surface area contributed by atoms with Crippen molar-refractivity contribution in [3.05, 3.63) is 60.4 Å². The normalized spacial score (nSPS) is 15.6. The molecule has 0 amide bonds. The highest BCUT2D eigenvalue weighted by molar-refractivity contribution is 7.92. The predicted octanol–water partition coefficient (Wildman–Crippen LogP) is 3.23. The summed E-state index contributed by atoms with van der Waals surface area (Å²) >= 11 is 0. The second-order valence-electron chi connectivity index (χ2n) is 6.48. The van der Waals surface area contributed by atoms with Crippen LogP contribution in [0.25, 0.3) is 0 Å². The molecule has 3 aromatic rings. The van der Waals surface area contributed by atoms with Gasteiger partial charge in [-0.15, -0.1) is 0 Å². The molecule has 3 N–H and O–H groups in total. The van der Waals surface area contributed by atoms with Gasteiger partial charge in [-0.1, -0.05) is 0 Å². The zero-order valence-electron chi connectivity index (χ0n) is 16.3. The summed E-state index contributed by atoms with van der Waals surface area (Å²) in [4.78, 5) is 6.03. The van der Waals surface area contributed by atoms with Gasteiger partial charge in [0.15, 0.2) is 0 Å². The van der Waals surface area contributed by atoms with Gasteiger partial charge in [-0.05, 0) is 30.3 Å². The van der Waals surface area contributed by atoms with Crippen molar-refractivity contribution in [2.75, 3.05) is 23.8 Å². The van der Waals surface area contributed by atoms with Crippen LogP contribution in [-0.2, 0) is 10.0 Å². The molecule has 1 aliphatic rings. The van der Waals surface area contributed by atoms with E-state index in [0.29, 0.717) is 23.1 Å². The van der Waals surface area contributed by atoms with E-state index in [-0.39, 0.29) is 4.90 Å². The molecule has 0 spiro atoms. The molecular weight excluding hydrogens is 408 g/mol. The number of nitrogens with two attached hydrogens (primary N) is 1. The van der Waals surface area contributed by atoms with Crippen LogP contribution >= 0.6 is 0 Å². The first-order valence-corrected chi connectivity index (χ1v) is 10.4. The third-order valence-corrected chi connectivity index (χ3v) is 6.01. The maximum Gasteiger partial charge on any atom is 0.262 e. The van der Waals surface area contributed by atoms with Crippen molar-refractivity contribution in [1.29, 1.82) is 0 Å². The maximum absolute atomic E-state index is 12.8. The van der Waals surface area contributed by atoms with Crippen molar-refractivity contribution >= 4 is 33.6 Å². The molecule has 2 aromatic carbocycles. The Bertz CT molecular complexity index is 1170. The second kappa shape index (κ2) is 7.73. The van der Waals surface area contributed by atoms with Crippen molar-refractivity contribution in [2.45, 2.75) is 11.1 Å². The molecule has 0 aliphatic carbocycles. The van der Waals surface area contributed by atoms with E-state index in [0.717, 1.165) is 11.3 Å². The van der Waals surface area contributed by atoms with E-state index in [1.807, 2.05) is 0 Å². The van der Waals surface area contributed by atoms with Gasteiger partial charge in [0.2, 0.25) is 5.88 Å². The van der Waals surface area contributed by atoms with Crippen molar-refractivity contribution in [3.8, 4) is 11.5 Å². The Hall–Kier alpha value is -3.50. The summed E-state index contributed by atoms with van der Waals surface area (Å²) in [6.45, 7) is 0. The molecular formula is C20H20N4O5S. The molecule has 1 aliphatic heterocycles. The number of ether oxygens (including phenoxy) is 2. The smallest absolute Gasteiger partial charge is 0.262 e. The molecule has 2 heterocycles. The number of aliphatic imine (C=N–C) groups is 1. The third kappa shape index (κ3) is 3.70. The van der Waals surface area contributed by atoms with Crippen LogP contribution in [0.5, 0.6) is 11.5 Å². The van der Waals surface area contributed by atoms with Crippen LogP contribution in [0, 0.1) is 0 Å². The van der Waals surface area contributed by atoms with E-state index in [9.17, 15) is 8.42 Å². The van der Waals surface area contributed by atoms with Gasteiger partial charge in [0.05, 0.1) is 30.9 Å². The molecule has 0 fully saturated rings. The molecule has 0 bridgehead atoms. The zero-order chi connectivity index (χ0) is 21.3. The van der Waals surface area contributed by atoms with Crippen molar-refractivity contribution in [3.63, 3.8) is 0 Å². The van der Waals surface area contributed by atoms with Gasteiger partial charge >= 0.3 is 0 Å². The quantitative estimate of drug-likeness (QED) is 0.618. The largest absolute Gasteiger partial charge is 0.497 e. The lowest BCUT2D eigenvalue weighted by atomic mass is 10.2. The molecule has 9 nitrogen and oxygen atoms in total. The van der Waals surface area contributed by atoms with Gasteiger partial charge in [0, 0.05) is 29.6 Å². The Morgan fingerprint density at radius 3 is 2.37 bits per heavy atom. The fraction of sp³-hybridized carbons (Fsp3) is 0.150. The van der Waals surface area contributed by atoms with Gasteiger partial charge in [-0.2, -0.15) is 0 Å². The lowest BCUT2D eigenvalue weighted by molar-refractivity contribution is 0.392. The zero-order valence-corrected chi connectivity index (χ0v) is 17.1. The van der Waals surface area contributed by atoms with Crippen LogP contribution in [0.15, 0.2) is 69.1 Å². The molecule has 0 saturated carbocycles. The lowest BCUT2D eigenvalue weighted by Gasteiger charge is -2.29. The van der Waals surface area contributed by atoms with Crippen LogP contribution in [0.2, 0.25) is 0 Å². The Kier molecular flexibility index (Phi) is 5.10. The second-order valence-corrected chi connectivity index (χ2v) is 8.16. The number of fused-ring (bicyclic) bond motifs is 1. The fourth-order valence-electron chi connectivity index (χ4n) is 3.06. The lowest BCUT2D eigenvalue weighted by Crippen LogP contribution is -2.35. The molecule has 30 heavy (non-hydrogen) atoms. The molecule has 1 unspecified atom stereocenters. The van der Waals surface area contributed by atoms with Crippen molar-refractivity contribution in [2.24, 2.45) is 10.7 Å². The first-order valence-electron chi connectivity index (χ1n) is 8.93. The molecule has 4 rings (SSSR count). The van der Waals surface area contributed by atoms with Crippen LogP contribution < -0.4 is 24.8 Å². The van der Waals surface area contributed by atoms with Gasteiger partial charge < -0.3 is 24.5 Å². The number of nitrogens with one attached hydrogen (secondary N) is 1. The average molecular weight is 428 g/mol. The number of rotatable bonds is 6. The van der Waals surface area contributed by atoms with Crippen molar-refractivity contribution < 1.29 is 22.3 Å². The first kappa shape index (κ1) is 19.8. The summed E-state index contributed by atoms with van der Waals surface area (Å²) in [6.07, 6.45) is 2.66. The number of methoxy groups -OCH3 is 2. The summed E-state index contributed by atoms with van der Waals surface area (Å²) < 4.78 is 43.7. The SMILES string of the molecule is COc1cc(OC)cc(S(=O)(=O)Nc2ccc(N3C=Nc4occc4C3N)cc2)c1. The fourth-order valence-corrected chi connectivity index (χ4v) is 4.16. The number of hydrogen-bond donors (Lipinski definition) is 2. The number of nitrogens with zero attached hydrogens (tertiary/aromatic N) is 2. The number of furan rings is 1. The van der Waals surface area contributed by atoms with Gasteiger partial charge in [-0.3, -0.25) is 4.72 Å². The molecule has 0 radical (unpaired) electrons. The summed E-state index contributed by atoms with van der Waals surface area (Å²) in [5.41, 5.74) is 8.20. The highest BCUT2D eigenvalue weighted by Crippen LogP contribution is 2.34. The van der Waals surface area contributed by atoms with E-state index < -0.39 is 16.2 Å². The average Bonchev–Trinajstić information content (AvgIpc) is 3.24. The third-order valence-electron chi connectivity index (χ3n) is 4.64. The van der Waals surface area contributed by atoms with Gasteiger partial charge in [0.1, 0.15) is 24.0 Å². The van der Waals surface area contributed by atoms with Crippen LogP contribution in [-0.4, -0.2) is 29.0 Å². The van der Waals surface area contributed by atoms with E-state index in [1.165, 1.54) is 32.6 Å². The van der Waals surface area contributed by atoms with E-state index in [1.54, 1.807) is 47.6 Å². The van der Waals surface area contributed by atoms with Crippen LogP contribution in [0.1, 0.15) is 11.7 Å². The topological polar surface area (TPSA) is 119 Å². The van der Waals surface area contributed by atoms with Crippen LogP contribution in [0.4, 0.5) is 17.3 Å². The maximum atomic E-state index is 12.8. The van der Waals surface area contributed by atoms with E-state index >= 15 is 0 Å². The molecule has 10 heteroatoms. The Labute approximate surface area is 173 Å². The monoisotopic (exact) mass is 428 g/mol. The van der Waals surface area contributed by atoms with Gasteiger partial charge in [0.25, 0.3) is 10.0 Å². The molecule has 1 atom stereocenters. The summed E-state index contributed by atoms with van der Waals surface area (Å²) in [5, 5.41) is 0.